The van der Waals surface area contributed by atoms with Crippen molar-refractivity contribution >= 4 is 35.0 Å². The van der Waals surface area contributed by atoms with Crippen LogP contribution in [0.1, 0.15) is 11.5 Å². The molecule has 0 atom stereocenters. The Balaban J connectivity index is 1.53. The SMILES string of the molecule is O=C(CSc1nnc(Cc2ccccc2)o1)Nc1cc(Cl)ccc1F. The zero-order valence-electron chi connectivity index (χ0n) is 12.9. The fraction of sp³-hybridized carbons (Fsp3) is 0.118. The van der Waals surface area contributed by atoms with Crippen molar-refractivity contribution in [1.29, 1.82) is 0 Å². The van der Waals surface area contributed by atoms with Crippen molar-refractivity contribution in [1.82, 2.24) is 10.2 Å². The van der Waals surface area contributed by atoms with Crippen LogP contribution in [0.25, 0.3) is 0 Å². The topological polar surface area (TPSA) is 68.0 Å². The predicted octanol–water partition coefficient (Wildman–Crippen LogP) is 4.18. The van der Waals surface area contributed by atoms with Crippen molar-refractivity contribution in [3.05, 3.63) is 70.8 Å². The van der Waals surface area contributed by atoms with E-state index in [1.807, 2.05) is 30.3 Å². The number of carbonyl (C=O) groups excluding carboxylic acids is 1. The van der Waals surface area contributed by atoms with Crippen molar-refractivity contribution in [3.8, 4) is 0 Å². The number of aromatic nitrogens is 2. The Hall–Kier alpha value is -2.38. The van der Waals surface area contributed by atoms with E-state index in [1.165, 1.54) is 18.2 Å². The number of nitrogens with one attached hydrogen (secondary N) is 1. The quantitative estimate of drug-likeness (QED) is 0.652. The van der Waals surface area contributed by atoms with Crippen molar-refractivity contribution in [2.24, 2.45) is 0 Å². The first-order chi connectivity index (χ1) is 12.1. The summed E-state index contributed by atoms with van der Waals surface area (Å²) in [7, 11) is 0. The standard InChI is InChI=1S/C17H13ClFN3O2S/c18-12-6-7-13(19)14(9-12)20-15(23)10-25-17-22-21-16(24-17)8-11-4-2-1-3-5-11/h1-7,9H,8,10H2,(H,20,23). The lowest BCUT2D eigenvalue weighted by atomic mass is 10.2. The molecule has 0 bridgehead atoms. The van der Waals surface area contributed by atoms with E-state index >= 15 is 0 Å². The fourth-order valence-electron chi connectivity index (χ4n) is 2.05. The van der Waals surface area contributed by atoms with E-state index in [-0.39, 0.29) is 16.7 Å². The highest BCUT2D eigenvalue weighted by molar-refractivity contribution is 7.99. The molecule has 0 saturated carbocycles. The molecule has 1 aromatic heterocycles. The highest BCUT2D eigenvalue weighted by atomic mass is 35.5. The molecule has 5 nitrogen and oxygen atoms in total. The van der Waals surface area contributed by atoms with Crippen LogP contribution >= 0.6 is 23.4 Å². The third-order valence-corrected chi connectivity index (χ3v) is 4.23. The average molecular weight is 378 g/mol. The first-order valence-corrected chi connectivity index (χ1v) is 8.70. The maximum atomic E-state index is 13.6. The second kappa shape index (κ2) is 8.13. The van der Waals surface area contributed by atoms with E-state index in [4.69, 9.17) is 16.0 Å². The zero-order chi connectivity index (χ0) is 17.6. The summed E-state index contributed by atoms with van der Waals surface area (Å²) in [6, 6.07) is 13.7. The summed E-state index contributed by atoms with van der Waals surface area (Å²) in [4.78, 5) is 11.9. The van der Waals surface area contributed by atoms with Gasteiger partial charge in [0.2, 0.25) is 11.8 Å². The molecule has 0 spiro atoms. The highest BCUT2D eigenvalue weighted by Gasteiger charge is 2.12. The van der Waals surface area contributed by atoms with Crippen LogP contribution in [0.2, 0.25) is 5.02 Å². The van der Waals surface area contributed by atoms with Crippen LogP contribution in [-0.4, -0.2) is 21.9 Å². The first kappa shape index (κ1) is 17.4. The third-order valence-electron chi connectivity index (χ3n) is 3.18. The van der Waals surface area contributed by atoms with Gasteiger partial charge in [-0.1, -0.05) is 53.7 Å². The molecule has 2 aromatic carbocycles. The molecule has 0 fully saturated rings. The van der Waals surface area contributed by atoms with Crippen LogP contribution in [0.4, 0.5) is 10.1 Å². The number of thioether (sulfide) groups is 1. The van der Waals surface area contributed by atoms with Gasteiger partial charge in [0.25, 0.3) is 5.22 Å². The minimum atomic E-state index is -0.550. The molecule has 3 rings (SSSR count). The molecule has 0 unspecified atom stereocenters. The van der Waals surface area contributed by atoms with Gasteiger partial charge >= 0.3 is 0 Å². The molecule has 25 heavy (non-hydrogen) atoms. The smallest absolute Gasteiger partial charge is 0.277 e. The van der Waals surface area contributed by atoms with Gasteiger partial charge in [-0.3, -0.25) is 4.79 Å². The van der Waals surface area contributed by atoms with Crippen LogP contribution in [0, 0.1) is 5.82 Å². The first-order valence-electron chi connectivity index (χ1n) is 7.34. The molecule has 0 aliphatic rings. The molecular weight excluding hydrogens is 365 g/mol. The monoisotopic (exact) mass is 377 g/mol. The number of benzene rings is 2. The van der Waals surface area contributed by atoms with Crippen LogP contribution in [0.5, 0.6) is 0 Å². The minimum absolute atomic E-state index is 0.0128. The van der Waals surface area contributed by atoms with E-state index in [0.717, 1.165) is 17.3 Å². The van der Waals surface area contributed by atoms with Gasteiger partial charge in [0.05, 0.1) is 17.9 Å². The maximum absolute atomic E-state index is 13.6. The number of nitrogens with zero attached hydrogens (tertiary/aromatic N) is 2. The molecule has 0 aliphatic carbocycles. The second-order valence-electron chi connectivity index (χ2n) is 5.09. The molecule has 1 heterocycles. The Labute approximate surface area is 152 Å². The predicted molar refractivity (Wildman–Crippen MR) is 94.3 cm³/mol. The number of halogens is 2. The summed E-state index contributed by atoms with van der Waals surface area (Å²) in [5.74, 6) is -0.464. The summed E-state index contributed by atoms with van der Waals surface area (Å²) in [6.07, 6.45) is 0.522. The fourth-order valence-corrected chi connectivity index (χ4v) is 2.80. The lowest BCUT2D eigenvalue weighted by molar-refractivity contribution is -0.113. The lowest BCUT2D eigenvalue weighted by Gasteiger charge is -2.05. The van der Waals surface area contributed by atoms with Gasteiger partial charge in [-0.2, -0.15) is 0 Å². The third kappa shape index (κ3) is 5.04. The van der Waals surface area contributed by atoms with Crippen molar-refractivity contribution in [3.63, 3.8) is 0 Å². The Morgan fingerprint density at radius 3 is 2.80 bits per heavy atom. The summed E-state index contributed by atoms with van der Waals surface area (Å²) >= 11 is 6.87. The average Bonchev–Trinajstić information content (AvgIpc) is 3.05. The molecule has 1 amide bonds. The van der Waals surface area contributed by atoms with Crippen LogP contribution < -0.4 is 5.32 Å². The normalized spacial score (nSPS) is 10.6. The van der Waals surface area contributed by atoms with E-state index in [9.17, 15) is 9.18 Å². The summed E-state index contributed by atoms with van der Waals surface area (Å²) in [5.41, 5.74) is 1.09. The van der Waals surface area contributed by atoms with Gasteiger partial charge in [-0.25, -0.2) is 4.39 Å². The Morgan fingerprint density at radius 2 is 2.00 bits per heavy atom. The Morgan fingerprint density at radius 1 is 1.20 bits per heavy atom. The van der Waals surface area contributed by atoms with Gasteiger partial charge in [0.1, 0.15) is 5.82 Å². The van der Waals surface area contributed by atoms with Gasteiger partial charge < -0.3 is 9.73 Å². The van der Waals surface area contributed by atoms with Crippen molar-refractivity contribution < 1.29 is 13.6 Å². The Kier molecular flexibility index (Phi) is 5.67. The molecule has 0 aliphatic heterocycles. The van der Waals surface area contributed by atoms with Gasteiger partial charge in [0.15, 0.2) is 0 Å². The molecule has 3 aromatic rings. The second-order valence-corrected chi connectivity index (χ2v) is 6.45. The summed E-state index contributed by atoms with van der Waals surface area (Å²) in [6.45, 7) is 0. The number of carbonyl (C=O) groups is 1. The van der Waals surface area contributed by atoms with Gasteiger partial charge in [0, 0.05) is 5.02 Å². The van der Waals surface area contributed by atoms with Crippen molar-refractivity contribution in [2.45, 2.75) is 11.6 Å². The van der Waals surface area contributed by atoms with Gasteiger partial charge in [-0.05, 0) is 23.8 Å². The van der Waals surface area contributed by atoms with E-state index in [0.29, 0.717) is 17.3 Å². The molecule has 0 saturated heterocycles. The zero-order valence-corrected chi connectivity index (χ0v) is 14.5. The number of anilines is 1. The largest absolute Gasteiger partial charge is 0.416 e. The molecule has 0 radical (unpaired) electrons. The van der Waals surface area contributed by atoms with E-state index < -0.39 is 11.7 Å². The molecule has 1 N–H and O–H groups in total. The van der Waals surface area contributed by atoms with Gasteiger partial charge in [-0.15, -0.1) is 10.2 Å². The summed E-state index contributed by atoms with van der Waals surface area (Å²) in [5, 5.41) is 10.9. The molecular formula is C17H13ClFN3O2S. The number of amides is 1. The molecule has 8 heteroatoms. The Bertz CT molecular complexity index is 873. The van der Waals surface area contributed by atoms with E-state index in [1.54, 1.807) is 0 Å². The van der Waals surface area contributed by atoms with Crippen LogP contribution in [0.15, 0.2) is 58.2 Å². The van der Waals surface area contributed by atoms with Crippen LogP contribution in [-0.2, 0) is 11.2 Å². The van der Waals surface area contributed by atoms with Crippen LogP contribution in [0.3, 0.4) is 0 Å². The minimum Gasteiger partial charge on any atom is -0.416 e. The maximum Gasteiger partial charge on any atom is 0.277 e. The molecule has 128 valence electrons. The highest BCUT2D eigenvalue weighted by Crippen LogP contribution is 2.21. The summed E-state index contributed by atoms with van der Waals surface area (Å²) < 4.78 is 19.1. The number of hydrogen-bond donors (Lipinski definition) is 1. The number of hydrogen-bond acceptors (Lipinski definition) is 5. The lowest BCUT2D eigenvalue weighted by Crippen LogP contribution is -2.15. The van der Waals surface area contributed by atoms with Crippen molar-refractivity contribution in [2.75, 3.05) is 11.1 Å². The van der Waals surface area contributed by atoms with E-state index in [2.05, 4.69) is 15.5 Å². The number of rotatable bonds is 6.